The molecular formula is C11H11NO2S. The molecule has 0 spiro atoms. The van der Waals surface area contributed by atoms with E-state index in [0.717, 1.165) is 4.90 Å². The van der Waals surface area contributed by atoms with Crippen LogP contribution in [0.15, 0.2) is 29.2 Å². The zero-order valence-electron chi connectivity index (χ0n) is 8.40. The van der Waals surface area contributed by atoms with Crippen LogP contribution in [0.2, 0.25) is 0 Å². The van der Waals surface area contributed by atoms with E-state index in [9.17, 15) is 9.59 Å². The minimum absolute atomic E-state index is 0.0164. The third kappa shape index (κ3) is 1.61. The summed E-state index contributed by atoms with van der Waals surface area (Å²) in [6.45, 7) is 1.63. The van der Waals surface area contributed by atoms with Crippen LogP contribution in [0.4, 0.5) is 0 Å². The number of hydrogen-bond donors (Lipinski definition) is 0. The van der Waals surface area contributed by atoms with Crippen molar-refractivity contribution in [3.8, 4) is 0 Å². The highest BCUT2D eigenvalue weighted by Gasteiger charge is 2.30. The van der Waals surface area contributed by atoms with Gasteiger partial charge in [0.25, 0.3) is 5.91 Å². The van der Waals surface area contributed by atoms with Gasteiger partial charge < -0.3 is 0 Å². The van der Waals surface area contributed by atoms with Gasteiger partial charge in [-0.25, -0.2) is 0 Å². The van der Waals surface area contributed by atoms with Gasteiger partial charge in [0.1, 0.15) is 5.78 Å². The Labute approximate surface area is 90.8 Å². The molecule has 1 aliphatic rings. The summed E-state index contributed by atoms with van der Waals surface area (Å²) in [6.07, 6.45) is 0. The first-order valence-electron chi connectivity index (χ1n) is 4.55. The minimum Gasteiger partial charge on any atom is -0.298 e. The van der Waals surface area contributed by atoms with Crippen molar-refractivity contribution in [3.05, 3.63) is 29.8 Å². The average molecular weight is 221 g/mol. The summed E-state index contributed by atoms with van der Waals surface area (Å²) in [4.78, 5) is 23.8. The second-order valence-electron chi connectivity index (χ2n) is 3.40. The van der Waals surface area contributed by atoms with E-state index in [1.807, 2.05) is 18.2 Å². The van der Waals surface area contributed by atoms with Crippen molar-refractivity contribution < 1.29 is 9.59 Å². The molecule has 78 valence electrons. The van der Waals surface area contributed by atoms with Crippen molar-refractivity contribution in [1.29, 1.82) is 0 Å². The number of rotatable bonds is 2. The normalized spacial score (nSPS) is 19.1. The fourth-order valence-electron chi connectivity index (χ4n) is 1.55. The number of carbonyl (C=O) groups excluding carboxylic acids is 2. The van der Waals surface area contributed by atoms with Gasteiger partial charge in [-0.05, 0) is 19.1 Å². The van der Waals surface area contributed by atoms with Crippen molar-refractivity contribution >= 4 is 28.2 Å². The zero-order chi connectivity index (χ0) is 11.0. The van der Waals surface area contributed by atoms with Crippen LogP contribution in [0.25, 0.3) is 0 Å². The largest absolute Gasteiger partial charge is 0.298 e. The quantitative estimate of drug-likeness (QED) is 0.713. The summed E-state index contributed by atoms with van der Waals surface area (Å²) in [5, 5.41) is 0. The van der Waals surface area contributed by atoms with Crippen LogP contribution in [0.5, 0.6) is 0 Å². The van der Waals surface area contributed by atoms with E-state index in [1.165, 1.54) is 11.2 Å². The van der Waals surface area contributed by atoms with Gasteiger partial charge in [-0.3, -0.25) is 13.9 Å². The van der Waals surface area contributed by atoms with E-state index in [1.54, 1.807) is 6.07 Å². The van der Waals surface area contributed by atoms with Crippen molar-refractivity contribution in [2.45, 2.75) is 11.8 Å². The third-order valence-corrected chi connectivity index (χ3v) is 3.92. The lowest BCUT2D eigenvalue weighted by Crippen LogP contribution is -2.25. The SMILES string of the molecule is C=S1c2ccccc2C(=O)N1CC(C)=O. The van der Waals surface area contributed by atoms with Gasteiger partial charge in [0, 0.05) is 4.90 Å². The molecule has 0 aliphatic carbocycles. The molecule has 0 saturated heterocycles. The first-order valence-corrected chi connectivity index (χ1v) is 5.91. The van der Waals surface area contributed by atoms with Gasteiger partial charge in [-0.2, -0.15) is 0 Å². The van der Waals surface area contributed by atoms with E-state index < -0.39 is 10.7 Å². The van der Waals surface area contributed by atoms with Crippen LogP contribution in [-0.4, -0.2) is 28.4 Å². The molecule has 1 aromatic carbocycles. The summed E-state index contributed by atoms with van der Waals surface area (Å²) >= 11 is 0. The maximum atomic E-state index is 11.9. The Morgan fingerprint density at radius 2 is 2.13 bits per heavy atom. The predicted octanol–water partition coefficient (Wildman–Crippen LogP) is 1.71. The Hall–Kier alpha value is -1.42. The minimum atomic E-state index is -0.523. The van der Waals surface area contributed by atoms with Gasteiger partial charge in [-0.1, -0.05) is 28.7 Å². The molecule has 1 atom stereocenters. The van der Waals surface area contributed by atoms with Crippen LogP contribution >= 0.6 is 10.7 Å². The number of hydrogen-bond acceptors (Lipinski definition) is 2. The van der Waals surface area contributed by atoms with E-state index in [-0.39, 0.29) is 18.2 Å². The summed E-state index contributed by atoms with van der Waals surface area (Å²) in [7, 11) is -0.523. The molecule has 0 aromatic heterocycles. The Morgan fingerprint density at radius 1 is 1.47 bits per heavy atom. The summed E-state index contributed by atoms with van der Waals surface area (Å²) in [6, 6.07) is 7.38. The second kappa shape index (κ2) is 3.62. The van der Waals surface area contributed by atoms with Crippen molar-refractivity contribution in [2.75, 3.05) is 6.54 Å². The number of benzene rings is 1. The van der Waals surface area contributed by atoms with Crippen LogP contribution in [-0.2, 0) is 4.79 Å². The molecule has 1 aromatic rings. The highest BCUT2D eigenvalue weighted by atomic mass is 32.2. The zero-order valence-corrected chi connectivity index (χ0v) is 9.21. The molecular weight excluding hydrogens is 210 g/mol. The molecule has 2 rings (SSSR count). The fraction of sp³-hybridized carbons (Fsp3) is 0.182. The molecule has 1 aliphatic heterocycles. The van der Waals surface area contributed by atoms with E-state index in [4.69, 9.17) is 0 Å². The lowest BCUT2D eigenvalue weighted by atomic mass is 10.2. The smallest absolute Gasteiger partial charge is 0.265 e. The van der Waals surface area contributed by atoms with Gasteiger partial charge in [0.05, 0.1) is 12.1 Å². The van der Waals surface area contributed by atoms with Gasteiger partial charge >= 0.3 is 0 Å². The molecule has 0 radical (unpaired) electrons. The molecule has 0 bridgehead atoms. The highest BCUT2D eigenvalue weighted by molar-refractivity contribution is 8.13. The predicted molar refractivity (Wildman–Crippen MR) is 61.1 cm³/mol. The third-order valence-electron chi connectivity index (χ3n) is 2.23. The van der Waals surface area contributed by atoms with Crippen LogP contribution in [0, 0.1) is 0 Å². The molecule has 15 heavy (non-hydrogen) atoms. The first-order chi connectivity index (χ1) is 7.11. The number of amides is 1. The standard InChI is InChI=1S/C11H11NO2S/c1-8(13)7-12-11(14)9-5-3-4-6-10(9)15(12)2/h3-6H,2,7H2,1H3. The average Bonchev–Trinajstić information content (AvgIpc) is 2.44. The lowest BCUT2D eigenvalue weighted by Gasteiger charge is -2.15. The molecule has 1 heterocycles. The molecule has 0 N–H and O–H groups in total. The second-order valence-corrected chi connectivity index (χ2v) is 5.01. The number of Topliss-reactive ketones (excluding diaryl/α,β-unsaturated/α-hetero) is 1. The number of nitrogens with zero attached hydrogens (tertiary/aromatic N) is 1. The lowest BCUT2D eigenvalue weighted by molar-refractivity contribution is -0.116. The van der Waals surface area contributed by atoms with Crippen LogP contribution in [0.3, 0.4) is 0 Å². The summed E-state index contributed by atoms with van der Waals surface area (Å²) < 4.78 is 1.53. The Bertz CT molecular complexity index is 432. The Balaban J connectivity index is 2.41. The summed E-state index contributed by atoms with van der Waals surface area (Å²) in [5.74, 6) is 3.84. The topological polar surface area (TPSA) is 37.4 Å². The van der Waals surface area contributed by atoms with Gasteiger partial charge in [-0.15, -0.1) is 0 Å². The summed E-state index contributed by atoms with van der Waals surface area (Å²) in [5.41, 5.74) is 0.678. The number of fused-ring (bicyclic) bond motifs is 1. The Morgan fingerprint density at radius 3 is 2.73 bits per heavy atom. The van der Waals surface area contributed by atoms with Crippen LogP contribution < -0.4 is 0 Å². The monoisotopic (exact) mass is 221 g/mol. The van der Waals surface area contributed by atoms with E-state index >= 15 is 0 Å². The Kier molecular flexibility index (Phi) is 2.44. The molecule has 1 amide bonds. The maximum Gasteiger partial charge on any atom is 0.265 e. The van der Waals surface area contributed by atoms with Gasteiger partial charge in [0.15, 0.2) is 0 Å². The van der Waals surface area contributed by atoms with Crippen molar-refractivity contribution in [1.82, 2.24) is 4.31 Å². The number of ketones is 1. The van der Waals surface area contributed by atoms with E-state index in [2.05, 4.69) is 5.87 Å². The first kappa shape index (κ1) is 10.1. The number of carbonyl (C=O) groups is 2. The molecule has 0 fully saturated rings. The molecule has 0 saturated carbocycles. The van der Waals surface area contributed by atoms with Gasteiger partial charge in [0.2, 0.25) is 0 Å². The molecule has 1 unspecified atom stereocenters. The van der Waals surface area contributed by atoms with E-state index in [0.29, 0.717) is 5.56 Å². The fourth-order valence-corrected chi connectivity index (χ4v) is 3.07. The highest BCUT2D eigenvalue weighted by Crippen LogP contribution is 2.39. The van der Waals surface area contributed by atoms with Crippen LogP contribution in [0.1, 0.15) is 17.3 Å². The van der Waals surface area contributed by atoms with Crippen molar-refractivity contribution in [3.63, 3.8) is 0 Å². The van der Waals surface area contributed by atoms with Crippen molar-refractivity contribution in [2.24, 2.45) is 0 Å². The maximum absolute atomic E-state index is 11.9. The molecule has 4 heteroatoms. The molecule has 3 nitrogen and oxygen atoms in total.